The summed E-state index contributed by atoms with van der Waals surface area (Å²) in [5.74, 6) is 0.872. The number of rotatable bonds is 4. The molecule has 0 radical (unpaired) electrons. The van der Waals surface area contributed by atoms with Gasteiger partial charge in [0.15, 0.2) is 0 Å². The normalized spacial score (nSPS) is 11.8. The molecule has 0 aliphatic rings. The Hall–Kier alpha value is -5.97. The molecule has 0 atom stereocenters. The number of H-pyrrole nitrogens is 1. The van der Waals surface area contributed by atoms with Crippen molar-refractivity contribution in [3.05, 3.63) is 158 Å². The van der Waals surface area contributed by atoms with Gasteiger partial charge in [-0.3, -0.25) is 0 Å². The van der Waals surface area contributed by atoms with Crippen molar-refractivity contribution in [2.24, 2.45) is 0 Å². The number of nitrogens with one attached hydrogen (secondary N) is 1. The number of thiophene rings is 1. The van der Waals surface area contributed by atoms with E-state index in [0.29, 0.717) is 0 Å². The molecule has 0 saturated carbocycles. The van der Waals surface area contributed by atoms with E-state index in [1.54, 1.807) is 0 Å². The Labute approximate surface area is 275 Å². The average Bonchev–Trinajstić information content (AvgIpc) is 3.84. The fraction of sp³-hybridized carbons (Fsp3) is 0. The number of hydrogen-bond donors (Lipinski definition) is 1. The Morgan fingerprint density at radius 3 is 2.09 bits per heavy atom. The third-order valence-electron chi connectivity index (χ3n) is 9.38. The minimum Gasteiger partial charge on any atom is -0.338 e. The maximum absolute atomic E-state index is 5.06. The summed E-state index contributed by atoms with van der Waals surface area (Å²) in [5, 5.41) is 5.16. The molecule has 3 aromatic heterocycles. The molecule has 0 spiro atoms. The minimum atomic E-state index is 0.872. The highest BCUT2D eigenvalue weighted by atomic mass is 32.1. The van der Waals surface area contributed by atoms with Gasteiger partial charge in [0.2, 0.25) is 0 Å². The third-order valence-corrected chi connectivity index (χ3v) is 10.6. The lowest BCUT2D eigenvalue weighted by atomic mass is 10.0. The van der Waals surface area contributed by atoms with Crippen molar-refractivity contribution >= 4 is 64.3 Å². The summed E-state index contributed by atoms with van der Waals surface area (Å²) < 4.78 is 5.05. The van der Waals surface area contributed by atoms with Crippen LogP contribution >= 0.6 is 11.3 Å². The van der Waals surface area contributed by atoms with Gasteiger partial charge in [-0.1, -0.05) is 103 Å². The van der Waals surface area contributed by atoms with Crippen LogP contribution in [0.3, 0.4) is 0 Å². The highest BCUT2D eigenvalue weighted by molar-refractivity contribution is 7.26. The number of imidazole rings is 1. The first-order valence-corrected chi connectivity index (χ1v) is 16.7. The standard InChI is InChI=1S/C43H27N3S/c1-2-10-27(11-3-1)31-14-9-17-37-41(31)45-43(44-37)28-20-23-30(24-21-28)46-38-18-6-4-12-33(38)36-26-29(22-25-39(36)46)32-15-8-16-35-34-13-5-7-19-40(34)47-42(32)35/h1-26H,(H,44,45). The van der Waals surface area contributed by atoms with E-state index in [-0.39, 0.29) is 0 Å². The van der Waals surface area contributed by atoms with Crippen LogP contribution in [0.4, 0.5) is 0 Å². The molecule has 10 aromatic rings. The monoisotopic (exact) mass is 617 g/mol. The van der Waals surface area contributed by atoms with E-state index in [1.807, 2.05) is 17.4 Å². The lowest BCUT2D eigenvalue weighted by Crippen LogP contribution is -1.94. The van der Waals surface area contributed by atoms with Crippen LogP contribution in [0.15, 0.2) is 158 Å². The molecular weight excluding hydrogens is 591 g/mol. The molecular formula is C43H27N3S. The van der Waals surface area contributed by atoms with Gasteiger partial charge in [0.1, 0.15) is 5.82 Å². The average molecular weight is 618 g/mol. The van der Waals surface area contributed by atoms with Crippen molar-refractivity contribution in [2.75, 3.05) is 0 Å². The summed E-state index contributed by atoms with van der Waals surface area (Å²) in [6, 6.07) is 56.6. The van der Waals surface area contributed by atoms with Crippen LogP contribution in [-0.4, -0.2) is 14.5 Å². The van der Waals surface area contributed by atoms with Gasteiger partial charge in [0.25, 0.3) is 0 Å². The molecule has 0 bridgehead atoms. The molecule has 1 N–H and O–H groups in total. The molecule has 10 rings (SSSR count). The number of aromatic amines is 1. The summed E-state index contributed by atoms with van der Waals surface area (Å²) in [5.41, 5.74) is 11.4. The summed E-state index contributed by atoms with van der Waals surface area (Å²) >= 11 is 1.88. The molecule has 3 heterocycles. The fourth-order valence-electron chi connectivity index (χ4n) is 7.18. The van der Waals surface area contributed by atoms with Gasteiger partial charge >= 0.3 is 0 Å². The highest BCUT2D eigenvalue weighted by Gasteiger charge is 2.16. The zero-order chi connectivity index (χ0) is 30.9. The summed E-state index contributed by atoms with van der Waals surface area (Å²) in [7, 11) is 0. The predicted octanol–water partition coefficient (Wildman–Crippen LogP) is 12.0. The molecule has 47 heavy (non-hydrogen) atoms. The number of hydrogen-bond acceptors (Lipinski definition) is 2. The molecule has 0 aliphatic carbocycles. The Kier molecular flexibility index (Phi) is 5.74. The first-order valence-electron chi connectivity index (χ1n) is 15.9. The van der Waals surface area contributed by atoms with Gasteiger partial charge in [-0.25, -0.2) is 4.98 Å². The second kappa shape index (κ2) is 10.3. The van der Waals surface area contributed by atoms with Gasteiger partial charge in [-0.05, 0) is 71.3 Å². The van der Waals surface area contributed by atoms with Crippen molar-refractivity contribution in [2.45, 2.75) is 0 Å². The SMILES string of the molecule is c1ccc(-c2cccc3[nH]c(-c4ccc(-n5c6ccccc6c6cc(-c7cccc8c7sc7ccccc78)ccc65)cc4)nc23)cc1. The van der Waals surface area contributed by atoms with E-state index >= 15 is 0 Å². The van der Waals surface area contributed by atoms with Crippen LogP contribution in [0, 0.1) is 0 Å². The molecule has 3 nitrogen and oxygen atoms in total. The smallest absolute Gasteiger partial charge is 0.138 e. The van der Waals surface area contributed by atoms with Crippen LogP contribution in [0.25, 0.3) is 92.3 Å². The third kappa shape index (κ3) is 4.09. The Balaban J connectivity index is 1.08. The molecule has 0 fully saturated rings. The van der Waals surface area contributed by atoms with E-state index in [2.05, 4.69) is 161 Å². The summed E-state index contributed by atoms with van der Waals surface area (Å²) in [6.45, 7) is 0. The van der Waals surface area contributed by atoms with E-state index in [0.717, 1.165) is 33.7 Å². The Bertz CT molecular complexity index is 2780. The van der Waals surface area contributed by atoms with Crippen molar-refractivity contribution in [3.8, 4) is 39.3 Å². The second-order valence-electron chi connectivity index (χ2n) is 12.1. The zero-order valence-electron chi connectivity index (χ0n) is 25.3. The fourth-order valence-corrected chi connectivity index (χ4v) is 8.42. The molecule has 0 unspecified atom stereocenters. The van der Waals surface area contributed by atoms with Gasteiger partial charge in [0.05, 0.1) is 22.1 Å². The van der Waals surface area contributed by atoms with E-state index in [1.165, 1.54) is 58.7 Å². The molecule has 0 saturated heterocycles. The largest absolute Gasteiger partial charge is 0.338 e. The maximum atomic E-state index is 5.06. The Morgan fingerprint density at radius 1 is 0.489 bits per heavy atom. The minimum absolute atomic E-state index is 0.872. The van der Waals surface area contributed by atoms with Crippen molar-refractivity contribution in [1.29, 1.82) is 0 Å². The van der Waals surface area contributed by atoms with Gasteiger partial charge in [-0.2, -0.15) is 0 Å². The number of fused-ring (bicyclic) bond motifs is 7. The number of para-hydroxylation sites is 2. The first kappa shape index (κ1) is 26.3. The number of aromatic nitrogens is 3. The summed E-state index contributed by atoms with van der Waals surface area (Å²) in [4.78, 5) is 8.63. The second-order valence-corrected chi connectivity index (χ2v) is 13.1. The van der Waals surface area contributed by atoms with Gasteiger partial charge in [-0.15, -0.1) is 11.3 Å². The molecule has 220 valence electrons. The highest BCUT2D eigenvalue weighted by Crippen LogP contribution is 2.42. The van der Waals surface area contributed by atoms with Crippen LogP contribution < -0.4 is 0 Å². The Morgan fingerprint density at radius 2 is 1.19 bits per heavy atom. The lowest BCUT2D eigenvalue weighted by molar-refractivity contribution is 1.18. The van der Waals surface area contributed by atoms with E-state index in [9.17, 15) is 0 Å². The predicted molar refractivity (Wildman–Crippen MR) is 200 cm³/mol. The van der Waals surface area contributed by atoms with E-state index < -0.39 is 0 Å². The zero-order valence-corrected chi connectivity index (χ0v) is 26.1. The van der Waals surface area contributed by atoms with Crippen molar-refractivity contribution in [1.82, 2.24) is 14.5 Å². The topological polar surface area (TPSA) is 33.6 Å². The maximum Gasteiger partial charge on any atom is 0.138 e. The lowest BCUT2D eigenvalue weighted by Gasteiger charge is -2.09. The molecule has 4 heteroatoms. The van der Waals surface area contributed by atoms with Crippen molar-refractivity contribution in [3.63, 3.8) is 0 Å². The quantitative estimate of drug-likeness (QED) is 0.209. The molecule has 0 amide bonds. The number of nitrogens with zero attached hydrogens (tertiary/aromatic N) is 2. The van der Waals surface area contributed by atoms with Crippen molar-refractivity contribution < 1.29 is 0 Å². The van der Waals surface area contributed by atoms with Gasteiger partial charge < -0.3 is 9.55 Å². The van der Waals surface area contributed by atoms with Crippen LogP contribution in [0.1, 0.15) is 0 Å². The van der Waals surface area contributed by atoms with E-state index in [4.69, 9.17) is 4.98 Å². The van der Waals surface area contributed by atoms with Crippen LogP contribution in [0.5, 0.6) is 0 Å². The summed E-state index contributed by atoms with van der Waals surface area (Å²) in [6.07, 6.45) is 0. The van der Waals surface area contributed by atoms with Gasteiger partial charge in [0, 0.05) is 47.8 Å². The molecule has 7 aromatic carbocycles. The van der Waals surface area contributed by atoms with Crippen LogP contribution in [-0.2, 0) is 0 Å². The number of benzene rings is 7. The molecule has 0 aliphatic heterocycles. The first-order chi connectivity index (χ1) is 23.3. The van der Waals surface area contributed by atoms with Crippen LogP contribution in [0.2, 0.25) is 0 Å².